The number of piperidine rings is 1. The molecule has 0 spiro atoms. The number of pyridine rings is 10. The number of hydrogen-bond donors (Lipinski definition) is 9. The lowest BCUT2D eigenvalue weighted by Gasteiger charge is -2.40. The maximum absolute atomic E-state index is 14.3. The van der Waals surface area contributed by atoms with Crippen LogP contribution in [0.5, 0.6) is 0 Å². The van der Waals surface area contributed by atoms with Crippen LogP contribution in [0.25, 0.3) is 115 Å². The summed E-state index contributed by atoms with van der Waals surface area (Å²) in [6, 6.07) is 59.4. The molecule has 642 valence electrons. The predicted octanol–water partition coefficient (Wildman–Crippen LogP) is 20.9. The molecule has 5 aromatic carbocycles. The number of imidazole rings is 1. The van der Waals surface area contributed by atoms with Crippen molar-refractivity contribution < 1.29 is 13.5 Å². The third-order valence-corrected chi connectivity index (χ3v) is 22.8. The first kappa shape index (κ1) is 83.4. The van der Waals surface area contributed by atoms with Crippen LogP contribution in [0.15, 0.2) is 238 Å². The summed E-state index contributed by atoms with van der Waals surface area (Å²) in [5, 5.41) is 61.1. The normalized spacial score (nSPS) is 12.8. The van der Waals surface area contributed by atoms with E-state index in [2.05, 4.69) is 203 Å². The van der Waals surface area contributed by atoms with E-state index in [0.717, 1.165) is 218 Å². The number of hydrogen-bond acceptors (Lipinski definition) is 23. The molecular weight excluding hydrogens is 1630 g/mol. The zero-order chi connectivity index (χ0) is 87.9. The zero-order valence-corrected chi connectivity index (χ0v) is 72.3. The van der Waals surface area contributed by atoms with Crippen molar-refractivity contribution in [1.29, 1.82) is 0 Å². The first-order chi connectivity index (χ1) is 62.4. The summed E-state index contributed by atoms with van der Waals surface area (Å²) in [4.78, 5) is 50.8. The number of aromatic nitrogens is 21. The van der Waals surface area contributed by atoms with Crippen LogP contribution in [0.4, 0.5) is 72.3 Å². The first-order valence-corrected chi connectivity index (χ1v) is 42.6. The van der Waals surface area contributed by atoms with E-state index >= 15 is 0 Å². The highest BCUT2D eigenvalue weighted by Crippen LogP contribution is 2.40. The molecule has 16 aromatic heterocycles. The monoisotopic (exact) mass is 1720 g/mol. The minimum atomic E-state index is -2.78. The number of rotatable bonds is 19. The lowest BCUT2D eigenvalue weighted by atomic mass is 9.96. The summed E-state index contributed by atoms with van der Waals surface area (Å²) < 4.78 is 35.7. The van der Waals surface area contributed by atoms with Crippen molar-refractivity contribution in [2.75, 3.05) is 82.9 Å². The van der Waals surface area contributed by atoms with Gasteiger partial charge in [0.25, 0.3) is 5.92 Å². The second kappa shape index (κ2) is 36.7. The minimum Gasteiger partial charge on any atom is -0.383 e. The fraction of sp³-hybridized carbons (Fsp3) is 0.198. The molecule has 0 amide bonds. The molecule has 0 saturated carbocycles. The molecule has 0 bridgehead atoms. The van der Waals surface area contributed by atoms with Crippen LogP contribution in [0, 0.1) is 20.8 Å². The molecule has 1 unspecified atom stereocenters. The van der Waals surface area contributed by atoms with E-state index in [1.54, 1.807) is 49.2 Å². The van der Waals surface area contributed by atoms with Crippen molar-refractivity contribution in [3.05, 3.63) is 271 Å². The van der Waals surface area contributed by atoms with Crippen molar-refractivity contribution >= 4 is 190 Å². The average Bonchev–Trinajstić information content (AvgIpc) is 1.38. The van der Waals surface area contributed by atoms with Crippen molar-refractivity contribution in [2.45, 2.75) is 79.2 Å². The number of halogens is 3. The Morgan fingerprint density at radius 3 is 1.48 bits per heavy atom. The minimum absolute atomic E-state index is 0.473. The SMILES string of the molecule is CC(F)(F)C1CCCCN1c1nccc2cc(Nc3n[nH]c4cccnc34)ccc12.CCN(CC)c1nc(C)cc2cc(Nc3n[nH]c4cccnc34)ccc12.COCCN(C)c1nc(C)cc2cc(Nc3n[nH]c4cccnc34)ccc12.Cc1cc2cc(Nc3n[nH]c4cccnc34)ccc2c(Cl)n1.c1cnc2c(Cc3ccc4c(ccn5ccnc45)c3)[nH]nc2c1. The van der Waals surface area contributed by atoms with E-state index in [9.17, 15) is 8.78 Å². The summed E-state index contributed by atoms with van der Waals surface area (Å²) in [7, 11) is 3.75. The predicted molar refractivity (Wildman–Crippen MR) is 509 cm³/mol. The van der Waals surface area contributed by atoms with Gasteiger partial charge in [-0.05, 0) is 250 Å². The number of likely N-dealkylation sites (N-methyl/N-ethyl adjacent to an activating group) is 1. The van der Waals surface area contributed by atoms with Gasteiger partial charge in [-0.25, -0.2) is 33.7 Å². The van der Waals surface area contributed by atoms with Gasteiger partial charge in [-0.3, -0.25) is 50.4 Å². The van der Waals surface area contributed by atoms with Gasteiger partial charge < -0.3 is 45.1 Å². The Balaban J connectivity index is 0.000000108. The molecule has 1 saturated heterocycles. The second-order valence-corrected chi connectivity index (χ2v) is 31.7. The van der Waals surface area contributed by atoms with Gasteiger partial charge in [0.1, 0.15) is 61.4 Å². The van der Waals surface area contributed by atoms with E-state index in [4.69, 9.17) is 26.3 Å². The maximum Gasteiger partial charge on any atom is 0.265 e. The number of fused-ring (bicyclic) bond motifs is 12. The number of methoxy groups -OCH3 is 1. The third-order valence-electron chi connectivity index (χ3n) is 22.5. The Hall–Kier alpha value is -15.5. The molecule has 128 heavy (non-hydrogen) atoms. The summed E-state index contributed by atoms with van der Waals surface area (Å²) in [6.07, 6.45) is 19.3. The van der Waals surface area contributed by atoms with Crippen LogP contribution in [0.1, 0.15) is 68.4 Å². The number of alkyl halides is 2. The fourth-order valence-corrected chi connectivity index (χ4v) is 16.6. The Morgan fingerprint density at radius 1 is 0.469 bits per heavy atom. The largest absolute Gasteiger partial charge is 0.383 e. The smallest absolute Gasteiger partial charge is 0.265 e. The Bertz CT molecular complexity index is 7560. The first-order valence-electron chi connectivity index (χ1n) is 42.2. The second-order valence-electron chi connectivity index (χ2n) is 31.4. The van der Waals surface area contributed by atoms with Crippen molar-refractivity contribution in [3.8, 4) is 0 Å². The van der Waals surface area contributed by atoms with E-state index in [1.165, 1.54) is 10.9 Å². The number of ether oxygens (including phenoxy) is 1. The van der Waals surface area contributed by atoms with Crippen molar-refractivity contribution in [2.24, 2.45) is 0 Å². The topological polar surface area (TPSA) is 344 Å². The van der Waals surface area contributed by atoms with Gasteiger partial charge in [-0.2, -0.15) is 25.5 Å². The van der Waals surface area contributed by atoms with Crippen molar-refractivity contribution in [1.82, 2.24) is 105 Å². The quantitative estimate of drug-likeness (QED) is 0.0340. The van der Waals surface area contributed by atoms with E-state index in [1.807, 2.05) is 166 Å². The van der Waals surface area contributed by atoms with Crippen LogP contribution in [0.2, 0.25) is 5.15 Å². The number of nitrogens with one attached hydrogen (secondary N) is 9. The van der Waals surface area contributed by atoms with E-state index < -0.39 is 12.0 Å². The highest BCUT2D eigenvalue weighted by molar-refractivity contribution is 6.34. The molecule has 32 heteroatoms. The van der Waals surface area contributed by atoms with Crippen LogP contribution >= 0.6 is 11.6 Å². The molecule has 29 nitrogen and oxygen atoms in total. The number of nitrogens with zero attached hydrogens (tertiary/aromatic N) is 19. The third kappa shape index (κ3) is 18.0. The van der Waals surface area contributed by atoms with E-state index in [-0.39, 0.29) is 0 Å². The average molecular weight is 1730 g/mol. The molecule has 1 aliphatic heterocycles. The number of anilines is 11. The van der Waals surface area contributed by atoms with Gasteiger partial charge >= 0.3 is 0 Å². The van der Waals surface area contributed by atoms with Crippen molar-refractivity contribution in [3.63, 3.8) is 0 Å². The molecule has 21 aromatic rings. The van der Waals surface area contributed by atoms with Gasteiger partial charge in [0.05, 0.1) is 40.4 Å². The van der Waals surface area contributed by atoms with Crippen LogP contribution in [-0.4, -0.2) is 164 Å². The molecule has 0 radical (unpaired) electrons. The maximum atomic E-state index is 14.3. The van der Waals surface area contributed by atoms with Gasteiger partial charge in [0, 0.05) is 176 Å². The summed E-state index contributed by atoms with van der Waals surface area (Å²) in [5.74, 6) is 2.64. The highest BCUT2D eigenvalue weighted by atomic mass is 35.5. The zero-order valence-electron chi connectivity index (χ0n) is 71.5. The number of aryl methyl sites for hydroxylation is 3. The molecule has 1 fully saturated rings. The standard InChI is InChI=1S/C22H22F2N6.C20H22N6O.C20H22N6.C18H13N5.C16H12ClN5/c1-22(23,24)18-6-2-3-12-30(18)21-16-8-7-15(13-14(16)9-11-26-21)27-20-19-17(28-29-20)5-4-10-25-19;1-13-11-14-12-15(23-19-18-17(24-25-19)5-4-8-21-18)6-7-16(14)20(22-13)26(2)9-10-27-3;1-4-26(5-2)20-16-9-8-15(12-14(16)11-13(3)22-20)23-19-18-17(24-25-19)7-6-10-21-18;1-2-15-17(19-6-1)16(22-21-15)11-12-3-4-14-13(10-12)5-8-23-9-7-20-18(14)23;1-9-7-10-8-11(4-5-12(10)15(17)19-9)20-16-14-13(21-22-16)3-2-6-18-14/h4-5,7-11,13,18H,2-3,6,12H2,1H3,(H2,27,28,29);4-8,11-12H,9-10H2,1-3H3,(H2,23,24,25);6-12H,4-5H2,1-3H3,(H2,23,24,25);1-10H,11H2,(H,21,22);2-8H,1H3,(H2,20,21,22). The molecule has 1 atom stereocenters. The van der Waals surface area contributed by atoms with Crippen LogP contribution in [-0.2, 0) is 11.2 Å². The van der Waals surface area contributed by atoms with E-state index in [0.29, 0.717) is 48.0 Å². The molecule has 22 rings (SSSR count). The summed E-state index contributed by atoms with van der Waals surface area (Å²) in [5.41, 5.74) is 18.5. The highest BCUT2D eigenvalue weighted by Gasteiger charge is 2.41. The number of aromatic amines is 5. The number of H-pyrrole nitrogens is 5. The molecule has 9 N–H and O–H groups in total. The molecular formula is C96H91ClF2N28O. The number of benzene rings is 5. The van der Waals surface area contributed by atoms with Crippen LogP contribution in [0.3, 0.4) is 0 Å². The van der Waals surface area contributed by atoms with Gasteiger partial charge in [-0.1, -0.05) is 29.8 Å². The van der Waals surface area contributed by atoms with Crippen LogP contribution < -0.4 is 36.0 Å². The fourth-order valence-electron chi connectivity index (χ4n) is 16.3. The summed E-state index contributed by atoms with van der Waals surface area (Å²) in [6.45, 7) is 15.2. The lowest BCUT2D eigenvalue weighted by molar-refractivity contribution is -0.0153. The molecule has 0 aliphatic carbocycles. The molecule has 1 aliphatic rings. The Morgan fingerprint density at radius 2 is 0.945 bits per heavy atom. The van der Waals surface area contributed by atoms with Gasteiger partial charge in [0.15, 0.2) is 23.3 Å². The molecule has 17 heterocycles. The Kier molecular flexibility index (Phi) is 23.9. The Labute approximate surface area is 737 Å². The summed E-state index contributed by atoms with van der Waals surface area (Å²) >= 11 is 6.18. The van der Waals surface area contributed by atoms with Gasteiger partial charge in [0.2, 0.25) is 0 Å². The lowest BCUT2D eigenvalue weighted by Crippen LogP contribution is -2.49. The van der Waals surface area contributed by atoms with Gasteiger partial charge in [-0.15, -0.1) is 0 Å².